The normalized spacial score (nSPS) is 13.4. The van der Waals surface area contributed by atoms with Crippen molar-refractivity contribution in [2.24, 2.45) is 0 Å². The molecule has 3 nitrogen and oxygen atoms in total. The minimum Gasteiger partial charge on any atom is -0.469 e. The molecule has 126 valence electrons. The highest BCUT2D eigenvalue weighted by Crippen LogP contribution is 2.08. The Labute approximate surface area is 135 Å². The zero-order valence-corrected chi connectivity index (χ0v) is 14.2. The van der Waals surface area contributed by atoms with Gasteiger partial charge in [-0.2, -0.15) is 0 Å². The van der Waals surface area contributed by atoms with E-state index in [1.165, 1.54) is 26.4 Å². The predicted octanol–water partition coefficient (Wildman–Crippen LogP) is 4.72. The summed E-state index contributed by atoms with van der Waals surface area (Å²) in [6.45, 7) is 1.91. The van der Waals surface area contributed by atoms with Crippen molar-refractivity contribution in [2.45, 2.75) is 70.8 Å². The van der Waals surface area contributed by atoms with Gasteiger partial charge in [-0.3, -0.25) is 4.79 Å². The Bertz CT molecular complexity index is 343. The molecule has 1 N–H and O–H groups in total. The second-order valence-electron chi connectivity index (χ2n) is 5.39. The molecule has 0 fully saturated rings. The minimum absolute atomic E-state index is 0.103. The van der Waals surface area contributed by atoms with Gasteiger partial charge in [0.2, 0.25) is 0 Å². The van der Waals surface area contributed by atoms with Crippen LogP contribution in [0.5, 0.6) is 0 Å². The SMILES string of the molecule is CC=CC(O)CC=CC/C=C/CCCCCCCC(=O)OC. The Hall–Kier alpha value is -1.35. The van der Waals surface area contributed by atoms with Crippen molar-refractivity contribution in [3.05, 3.63) is 36.5 Å². The molecule has 0 aliphatic carbocycles. The molecule has 0 bridgehead atoms. The molecule has 3 heteroatoms. The fourth-order valence-corrected chi connectivity index (χ4v) is 2.09. The molecular weight excluding hydrogens is 276 g/mol. The van der Waals surface area contributed by atoms with E-state index in [0.717, 1.165) is 25.7 Å². The molecule has 1 atom stereocenters. The van der Waals surface area contributed by atoms with Crippen LogP contribution in [0.3, 0.4) is 0 Å². The molecule has 1 unspecified atom stereocenters. The number of methoxy groups -OCH3 is 1. The zero-order valence-electron chi connectivity index (χ0n) is 14.2. The number of carbonyl (C=O) groups is 1. The van der Waals surface area contributed by atoms with Crippen LogP contribution in [0.2, 0.25) is 0 Å². The third kappa shape index (κ3) is 15.0. The maximum Gasteiger partial charge on any atom is 0.305 e. The van der Waals surface area contributed by atoms with E-state index in [1.807, 2.05) is 19.1 Å². The van der Waals surface area contributed by atoms with E-state index in [-0.39, 0.29) is 12.1 Å². The third-order valence-electron chi connectivity index (χ3n) is 3.38. The maximum atomic E-state index is 10.9. The highest BCUT2D eigenvalue weighted by Gasteiger charge is 1.98. The van der Waals surface area contributed by atoms with E-state index < -0.39 is 0 Å². The van der Waals surface area contributed by atoms with Crippen LogP contribution in [-0.2, 0) is 9.53 Å². The molecule has 0 saturated heterocycles. The van der Waals surface area contributed by atoms with Crippen molar-refractivity contribution in [1.29, 1.82) is 0 Å². The Kier molecular flexibility index (Phi) is 15.0. The van der Waals surface area contributed by atoms with Gasteiger partial charge in [0.25, 0.3) is 0 Å². The second-order valence-corrected chi connectivity index (χ2v) is 5.39. The molecular formula is C19H32O3. The number of rotatable bonds is 13. The van der Waals surface area contributed by atoms with Crippen LogP contribution >= 0.6 is 0 Å². The number of ether oxygens (including phenoxy) is 1. The van der Waals surface area contributed by atoms with Gasteiger partial charge in [-0.25, -0.2) is 0 Å². The summed E-state index contributed by atoms with van der Waals surface area (Å²) in [5.74, 6) is -0.103. The van der Waals surface area contributed by atoms with Gasteiger partial charge in [-0.05, 0) is 39.0 Å². The fourth-order valence-electron chi connectivity index (χ4n) is 2.09. The summed E-state index contributed by atoms with van der Waals surface area (Å²) in [5, 5.41) is 9.47. The highest BCUT2D eigenvalue weighted by atomic mass is 16.5. The van der Waals surface area contributed by atoms with E-state index >= 15 is 0 Å². The molecule has 0 aromatic carbocycles. The fraction of sp³-hybridized carbons (Fsp3) is 0.632. The third-order valence-corrected chi connectivity index (χ3v) is 3.38. The number of aliphatic hydroxyl groups is 1. The van der Waals surface area contributed by atoms with E-state index in [2.05, 4.69) is 23.0 Å². The number of aliphatic hydroxyl groups excluding tert-OH is 1. The predicted molar refractivity (Wildman–Crippen MR) is 92.7 cm³/mol. The molecule has 0 rings (SSSR count). The monoisotopic (exact) mass is 308 g/mol. The largest absolute Gasteiger partial charge is 0.469 e. The summed E-state index contributed by atoms with van der Waals surface area (Å²) in [4.78, 5) is 10.9. The van der Waals surface area contributed by atoms with Crippen LogP contribution in [0.15, 0.2) is 36.5 Å². The number of unbranched alkanes of at least 4 members (excludes halogenated alkanes) is 5. The first-order valence-electron chi connectivity index (χ1n) is 8.38. The summed E-state index contributed by atoms with van der Waals surface area (Å²) in [6, 6.07) is 0. The number of carbonyl (C=O) groups excluding carboxylic acids is 1. The Morgan fingerprint density at radius 3 is 2.45 bits per heavy atom. The van der Waals surface area contributed by atoms with Crippen LogP contribution in [0, 0.1) is 0 Å². The molecule has 0 amide bonds. The Morgan fingerprint density at radius 2 is 1.73 bits per heavy atom. The quantitative estimate of drug-likeness (QED) is 0.304. The summed E-state index contributed by atoms with van der Waals surface area (Å²) in [5.41, 5.74) is 0. The highest BCUT2D eigenvalue weighted by molar-refractivity contribution is 5.68. The van der Waals surface area contributed by atoms with Gasteiger partial charge in [-0.15, -0.1) is 0 Å². The van der Waals surface area contributed by atoms with Crippen LogP contribution in [-0.4, -0.2) is 24.3 Å². The molecule has 22 heavy (non-hydrogen) atoms. The molecule has 0 radical (unpaired) electrons. The first-order valence-corrected chi connectivity index (χ1v) is 8.38. The molecule has 0 aromatic rings. The van der Waals surface area contributed by atoms with Gasteiger partial charge in [0, 0.05) is 6.42 Å². The average molecular weight is 308 g/mol. The molecule has 0 saturated carbocycles. The zero-order chi connectivity index (χ0) is 16.5. The van der Waals surface area contributed by atoms with Gasteiger partial charge in [-0.1, -0.05) is 55.7 Å². The standard InChI is InChI=1S/C19H32O3/c1-3-15-18(20)16-13-11-9-7-5-4-6-8-10-12-14-17-19(21)22-2/h3,5,7,11,13,15,18,20H,4,6,8-10,12,14,16-17H2,1-2H3/b7-5+,13-11?,15-3?. The van der Waals surface area contributed by atoms with Gasteiger partial charge in [0.15, 0.2) is 0 Å². The van der Waals surface area contributed by atoms with Crippen molar-refractivity contribution >= 4 is 5.97 Å². The van der Waals surface area contributed by atoms with Crippen molar-refractivity contribution < 1.29 is 14.6 Å². The molecule has 0 aromatic heterocycles. The first kappa shape index (κ1) is 20.6. The van der Waals surface area contributed by atoms with Gasteiger partial charge < -0.3 is 9.84 Å². The van der Waals surface area contributed by atoms with Crippen LogP contribution < -0.4 is 0 Å². The summed E-state index contributed by atoms with van der Waals surface area (Å²) < 4.78 is 4.60. The van der Waals surface area contributed by atoms with E-state index in [0.29, 0.717) is 12.8 Å². The lowest BCUT2D eigenvalue weighted by molar-refractivity contribution is -0.140. The van der Waals surface area contributed by atoms with Gasteiger partial charge in [0.05, 0.1) is 13.2 Å². The molecule has 0 heterocycles. The van der Waals surface area contributed by atoms with E-state index in [1.54, 1.807) is 6.08 Å². The maximum absolute atomic E-state index is 10.9. The van der Waals surface area contributed by atoms with Crippen molar-refractivity contribution in [1.82, 2.24) is 0 Å². The Morgan fingerprint density at radius 1 is 1.05 bits per heavy atom. The van der Waals surface area contributed by atoms with E-state index in [4.69, 9.17) is 0 Å². The smallest absolute Gasteiger partial charge is 0.305 e. The lowest BCUT2D eigenvalue weighted by Gasteiger charge is -2.00. The summed E-state index contributed by atoms with van der Waals surface area (Å²) in [6.07, 6.45) is 20.8. The lowest BCUT2D eigenvalue weighted by Crippen LogP contribution is -1.99. The van der Waals surface area contributed by atoms with Gasteiger partial charge >= 0.3 is 5.97 Å². The molecule has 0 spiro atoms. The van der Waals surface area contributed by atoms with Crippen LogP contribution in [0.25, 0.3) is 0 Å². The number of hydrogen-bond acceptors (Lipinski definition) is 3. The molecule has 0 aliphatic rings. The number of hydrogen-bond donors (Lipinski definition) is 1. The lowest BCUT2D eigenvalue weighted by atomic mass is 10.1. The van der Waals surface area contributed by atoms with Crippen molar-refractivity contribution in [3.8, 4) is 0 Å². The van der Waals surface area contributed by atoms with Crippen molar-refractivity contribution in [2.75, 3.05) is 7.11 Å². The topological polar surface area (TPSA) is 46.5 Å². The average Bonchev–Trinajstić information content (AvgIpc) is 2.51. The minimum atomic E-state index is -0.357. The summed E-state index contributed by atoms with van der Waals surface area (Å²) >= 11 is 0. The second kappa shape index (κ2) is 16.0. The van der Waals surface area contributed by atoms with Gasteiger partial charge in [0.1, 0.15) is 0 Å². The number of esters is 1. The van der Waals surface area contributed by atoms with Crippen molar-refractivity contribution in [3.63, 3.8) is 0 Å². The first-order chi connectivity index (χ1) is 10.7. The molecule has 0 aliphatic heterocycles. The van der Waals surface area contributed by atoms with E-state index in [9.17, 15) is 9.90 Å². The van der Waals surface area contributed by atoms with Crippen LogP contribution in [0.4, 0.5) is 0 Å². The Balaban J connectivity index is 3.34. The van der Waals surface area contributed by atoms with Crippen LogP contribution in [0.1, 0.15) is 64.7 Å². The number of allylic oxidation sites excluding steroid dienone is 4. The summed E-state index contributed by atoms with van der Waals surface area (Å²) in [7, 11) is 1.44.